The van der Waals surface area contributed by atoms with Crippen LogP contribution in [0.15, 0.2) is 54.1 Å². The second kappa shape index (κ2) is 6.60. The maximum Gasteiger partial charge on any atom is 0.335 e. The summed E-state index contributed by atoms with van der Waals surface area (Å²) in [7, 11) is 0. The van der Waals surface area contributed by atoms with Crippen LogP contribution in [0.25, 0.3) is 6.08 Å². The maximum absolute atomic E-state index is 12.7. The first-order chi connectivity index (χ1) is 12.4. The van der Waals surface area contributed by atoms with E-state index >= 15 is 0 Å². The zero-order valence-electron chi connectivity index (χ0n) is 13.6. The van der Waals surface area contributed by atoms with Gasteiger partial charge >= 0.3 is 6.03 Å². The number of nitrogens with one attached hydrogen (secondary N) is 1. The number of benzene rings is 2. The van der Waals surface area contributed by atoms with Gasteiger partial charge in [-0.05, 0) is 31.2 Å². The fourth-order valence-electron chi connectivity index (χ4n) is 2.52. The summed E-state index contributed by atoms with van der Waals surface area (Å²) >= 11 is 0. The van der Waals surface area contributed by atoms with E-state index in [4.69, 9.17) is 0 Å². The quantitative estimate of drug-likeness (QED) is 0.395. The summed E-state index contributed by atoms with van der Waals surface area (Å²) in [6.45, 7) is 1.85. The summed E-state index contributed by atoms with van der Waals surface area (Å²) in [5, 5.41) is 13.2. The number of carbonyl (C=O) groups is 3. The summed E-state index contributed by atoms with van der Waals surface area (Å²) in [6, 6.07) is 11.4. The zero-order chi connectivity index (χ0) is 18.8. The first-order valence-electron chi connectivity index (χ1n) is 7.60. The van der Waals surface area contributed by atoms with E-state index in [0.29, 0.717) is 5.69 Å². The highest BCUT2D eigenvalue weighted by atomic mass is 16.6. The Bertz CT molecular complexity index is 963. The summed E-state index contributed by atoms with van der Waals surface area (Å²) in [5.74, 6) is -1.75. The van der Waals surface area contributed by atoms with Crippen molar-refractivity contribution in [2.24, 2.45) is 0 Å². The van der Waals surface area contributed by atoms with Gasteiger partial charge in [-0.3, -0.25) is 25.0 Å². The Morgan fingerprint density at radius 3 is 2.35 bits per heavy atom. The number of anilines is 1. The fourth-order valence-corrected chi connectivity index (χ4v) is 2.52. The van der Waals surface area contributed by atoms with Gasteiger partial charge in [-0.15, -0.1) is 0 Å². The molecule has 8 heteroatoms. The van der Waals surface area contributed by atoms with Crippen molar-refractivity contribution in [3.8, 4) is 0 Å². The molecule has 0 bridgehead atoms. The number of nitrogens with zero attached hydrogens (tertiary/aromatic N) is 2. The Morgan fingerprint density at radius 1 is 1.04 bits per heavy atom. The Kier molecular flexibility index (Phi) is 4.32. The Balaban J connectivity index is 2.06. The predicted molar refractivity (Wildman–Crippen MR) is 93.3 cm³/mol. The van der Waals surface area contributed by atoms with Crippen LogP contribution in [-0.2, 0) is 9.59 Å². The second-order valence-electron chi connectivity index (χ2n) is 5.61. The molecular weight excluding hydrogens is 338 g/mol. The van der Waals surface area contributed by atoms with Crippen molar-refractivity contribution in [2.45, 2.75) is 6.92 Å². The minimum atomic E-state index is -0.901. The highest BCUT2D eigenvalue weighted by Gasteiger charge is 2.37. The summed E-state index contributed by atoms with van der Waals surface area (Å²) in [6.07, 6.45) is 1.11. The van der Waals surface area contributed by atoms with E-state index in [0.717, 1.165) is 16.5 Å². The number of imide groups is 2. The number of amides is 4. The number of aryl methyl sites for hydroxylation is 1. The van der Waals surface area contributed by atoms with Crippen LogP contribution in [0.2, 0.25) is 0 Å². The van der Waals surface area contributed by atoms with Crippen molar-refractivity contribution < 1.29 is 19.3 Å². The Hall–Kier alpha value is -3.81. The molecule has 1 saturated heterocycles. The van der Waals surface area contributed by atoms with Crippen LogP contribution in [0.5, 0.6) is 0 Å². The molecule has 26 heavy (non-hydrogen) atoms. The van der Waals surface area contributed by atoms with E-state index in [1.807, 2.05) is 6.92 Å². The molecule has 1 N–H and O–H groups in total. The number of rotatable bonds is 3. The zero-order valence-corrected chi connectivity index (χ0v) is 13.6. The molecule has 4 amide bonds. The third-order valence-corrected chi connectivity index (χ3v) is 3.83. The molecule has 0 aliphatic carbocycles. The molecule has 1 heterocycles. The molecule has 130 valence electrons. The van der Waals surface area contributed by atoms with E-state index in [9.17, 15) is 24.5 Å². The van der Waals surface area contributed by atoms with Crippen LogP contribution in [0, 0.1) is 17.0 Å². The number of hydrogen-bond donors (Lipinski definition) is 1. The average molecular weight is 351 g/mol. The molecule has 8 nitrogen and oxygen atoms in total. The predicted octanol–water partition coefficient (Wildman–Crippen LogP) is 2.57. The first kappa shape index (κ1) is 17.0. The lowest BCUT2D eigenvalue weighted by molar-refractivity contribution is -0.385. The van der Waals surface area contributed by atoms with Gasteiger partial charge in [-0.25, -0.2) is 9.69 Å². The van der Waals surface area contributed by atoms with Crippen molar-refractivity contribution in [3.05, 3.63) is 75.3 Å². The highest BCUT2D eigenvalue weighted by Crippen LogP contribution is 2.25. The lowest BCUT2D eigenvalue weighted by Gasteiger charge is -2.26. The molecule has 2 aromatic rings. The van der Waals surface area contributed by atoms with Gasteiger partial charge < -0.3 is 0 Å². The van der Waals surface area contributed by atoms with Crippen LogP contribution < -0.4 is 10.2 Å². The third kappa shape index (κ3) is 3.07. The Labute approximate surface area is 147 Å². The Morgan fingerprint density at radius 2 is 1.69 bits per heavy atom. The smallest absolute Gasteiger partial charge is 0.273 e. The summed E-state index contributed by atoms with van der Waals surface area (Å²) in [5.41, 5.74) is 0.706. The standard InChI is InChI=1S/C18H13N3O5/c1-11-6-8-13(9-7-11)20-17(23)14(16(22)19-18(20)24)10-12-4-2-3-5-15(12)21(25)26/h2-10H,1H3,(H,19,22,24)/b14-10+. The first-order valence-corrected chi connectivity index (χ1v) is 7.60. The topological polar surface area (TPSA) is 110 Å². The molecule has 1 fully saturated rings. The number of carbonyl (C=O) groups excluding carboxylic acids is 3. The van der Waals surface area contributed by atoms with Crippen LogP contribution in [0.3, 0.4) is 0 Å². The number of urea groups is 1. The lowest BCUT2D eigenvalue weighted by Crippen LogP contribution is -2.54. The number of nitro benzene ring substituents is 1. The van der Waals surface area contributed by atoms with Gasteiger partial charge in [0.15, 0.2) is 0 Å². The molecule has 0 unspecified atom stereocenters. The fraction of sp³-hybridized carbons (Fsp3) is 0.0556. The number of para-hydroxylation sites is 1. The normalized spacial score (nSPS) is 16.0. The SMILES string of the molecule is Cc1ccc(N2C(=O)NC(=O)/C(=C\c3ccccc3[N+](=O)[O-])C2=O)cc1. The molecule has 0 spiro atoms. The van der Waals surface area contributed by atoms with Crippen molar-refractivity contribution in [3.63, 3.8) is 0 Å². The monoisotopic (exact) mass is 351 g/mol. The number of barbiturate groups is 1. The van der Waals surface area contributed by atoms with Gasteiger partial charge in [-0.1, -0.05) is 29.8 Å². The number of hydrogen-bond acceptors (Lipinski definition) is 5. The van der Waals surface area contributed by atoms with Gasteiger partial charge in [0, 0.05) is 6.07 Å². The van der Waals surface area contributed by atoms with E-state index in [2.05, 4.69) is 5.32 Å². The lowest BCUT2D eigenvalue weighted by atomic mass is 10.1. The molecule has 0 radical (unpaired) electrons. The van der Waals surface area contributed by atoms with E-state index in [-0.39, 0.29) is 16.8 Å². The highest BCUT2D eigenvalue weighted by molar-refractivity contribution is 6.39. The van der Waals surface area contributed by atoms with Crippen LogP contribution >= 0.6 is 0 Å². The van der Waals surface area contributed by atoms with E-state index < -0.39 is 22.8 Å². The molecule has 1 aliphatic heterocycles. The molecular formula is C18H13N3O5. The third-order valence-electron chi connectivity index (χ3n) is 3.83. The van der Waals surface area contributed by atoms with E-state index in [1.165, 1.54) is 18.2 Å². The number of nitro groups is 1. The van der Waals surface area contributed by atoms with Crippen LogP contribution in [0.4, 0.5) is 16.2 Å². The van der Waals surface area contributed by atoms with Gasteiger partial charge in [0.25, 0.3) is 17.5 Å². The second-order valence-corrected chi connectivity index (χ2v) is 5.61. The largest absolute Gasteiger partial charge is 0.335 e. The minimum Gasteiger partial charge on any atom is -0.273 e. The molecule has 0 saturated carbocycles. The molecule has 1 aliphatic rings. The van der Waals surface area contributed by atoms with E-state index in [1.54, 1.807) is 30.3 Å². The molecule has 0 atom stereocenters. The molecule has 2 aromatic carbocycles. The van der Waals surface area contributed by atoms with Gasteiger partial charge in [0.1, 0.15) is 5.57 Å². The van der Waals surface area contributed by atoms with Crippen molar-refractivity contribution >= 4 is 35.3 Å². The molecule has 3 rings (SSSR count). The van der Waals surface area contributed by atoms with Crippen molar-refractivity contribution in [1.82, 2.24) is 5.32 Å². The minimum absolute atomic E-state index is 0.0919. The van der Waals surface area contributed by atoms with Crippen molar-refractivity contribution in [1.29, 1.82) is 0 Å². The summed E-state index contributed by atoms with van der Waals surface area (Å²) in [4.78, 5) is 48.3. The van der Waals surface area contributed by atoms with Gasteiger partial charge in [0.2, 0.25) is 0 Å². The summed E-state index contributed by atoms with van der Waals surface area (Å²) < 4.78 is 0. The average Bonchev–Trinajstić information content (AvgIpc) is 2.60. The van der Waals surface area contributed by atoms with Gasteiger partial charge in [0.05, 0.1) is 16.2 Å². The van der Waals surface area contributed by atoms with Crippen molar-refractivity contribution in [2.75, 3.05) is 4.90 Å². The van der Waals surface area contributed by atoms with Crippen LogP contribution in [-0.4, -0.2) is 22.8 Å². The maximum atomic E-state index is 12.7. The van der Waals surface area contributed by atoms with Crippen LogP contribution in [0.1, 0.15) is 11.1 Å². The molecule has 0 aromatic heterocycles. The van der Waals surface area contributed by atoms with Gasteiger partial charge in [-0.2, -0.15) is 0 Å².